The van der Waals surface area contributed by atoms with E-state index in [1.807, 2.05) is 6.08 Å². The first-order valence-corrected chi connectivity index (χ1v) is 36.9. The predicted octanol–water partition coefficient (Wildman–Crippen LogP) is 24.0. The molecule has 0 spiro atoms. The fraction of sp³-hybridized carbons (Fsp3) is 0.868. The van der Waals surface area contributed by atoms with E-state index in [9.17, 15) is 19.8 Å². The molecule has 6 nitrogen and oxygen atoms in total. The van der Waals surface area contributed by atoms with Crippen molar-refractivity contribution in [2.75, 3.05) is 13.2 Å². The van der Waals surface area contributed by atoms with Crippen molar-refractivity contribution < 1.29 is 24.5 Å². The molecule has 0 heterocycles. The lowest BCUT2D eigenvalue weighted by molar-refractivity contribution is -0.143. The zero-order valence-corrected chi connectivity index (χ0v) is 55.2. The topological polar surface area (TPSA) is 95.9 Å². The van der Waals surface area contributed by atoms with E-state index in [2.05, 4.69) is 55.6 Å². The standard InChI is InChI=1S/C76H143NO5/c1-3-5-7-9-11-13-15-17-40-44-48-52-56-60-64-68-74(79)73(72-78)77-75(80)69-65-61-57-53-49-45-42-38-36-34-32-30-28-26-24-22-20-19-21-23-25-27-29-31-33-35-37-39-43-47-51-55-59-63-67-71-82-76(81)70-66-62-58-54-50-46-41-18-16-14-12-10-8-6-4-2/h18,21,23,27,29,41,64,68,73-74,78-79H,3-17,19-20,22,24-26,28,30-40,42-63,65-67,69-72H2,1-2H3,(H,77,80)/b23-21-,29-27-,41-18-,68-64+. The number of carbonyl (C=O) groups excluding carboxylic acids is 2. The van der Waals surface area contributed by atoms with Crippen molar-refractivity contribution in [1.82, 2.24) is 5.32 Å². The van der Waals surface area contributed by atoms with Crippen LogP contribution in [0, 0.1) is 0 Å². The monoisotopic (exact) mass is 1150 g/mol. The Bertz CT molecular complexity index is 1370. The minimum Gasteiger partial charge on any atom is -0.466 e. The molecule has 0 aliphatic carbocycles. The minimum absolute atomic E-state index is 0.00880. The van der Waals surface area contributed by atoms with Gasteiger partial charge in [0.1, 0.15) is 0 Å². The molecule has 0 aliphatic heterocycles. The van der Waals surface area contributed by atoms with Crippen molar-refractivity contribution in [3.63, 3.8) is 0 Å². The van der Waals surface area contributed by atoms with Crippen LogP contribution in [-0.4, -0.2) is 47.4 Å². The second kappa shape index (κ2) is 71.3. The van der Waals surface area contributed by atoms with Crippen LogP contribution >= 0.6 is 0 Å². The predicted molar refractivity (Wildman–Crippen MR) is 361 cm³/mol. The number of aliphatic hydroxyl groups excluding tert-OH is 2. The van der Waals surface area contributed by atoms with Gasteiger partial charge in [0.15, 0.2) is 0 Å². The number of unbranched alkanes of at least 4 members (excludes halogenated alkanes) is 52. The normalized spacial score (nSPS) is 12.8. The van der Waals surface area contributed by atoms with Gasteiger partial charge in [-0.15, -0.1) is 0 Å². The van der Waals surface area contributed by atoms with Gasteiger partial charge in [0, 0.05) is 12.8 Å². The van der Waals surface area contributed by atoms with Crippen LogP contribution in [0.3, 0.4) is 0 Å². The summed E-state index contributed by atoms with van der Waals surface area (Å²) < 4.78 is 5.49. The highest BCUT2D eigenvalue weighted by molar-refractivity contribution is 5.76. The van der Waals surface area contributed by atoms with E-state index in [1.165, 1.54) is 321 Å². The first-order valence-electron chi connectivity index (χ1n) is 36.9. The van der Waals surface area contributed by atoms with Gasteiger partial charge in [-0.2, -0.15) is 0 Å². The SMILES string of the molecule is CCCCCCCC/C=C\CCCCCCCC(=O)OCCCCCCCCCCCCC/C=C\C/C=C\CCCCCCCCCCCCCCCCCCCC(=O)NC(CO)C(O)/C=C/CCCCCCCCCCCCCCC. The van der Waals surface area contributed by atoms with Crippen LogP contribution in [0.25, 0.3) is 0 Å². The first kappa shape index (κ1) is 79.8. The van der Waals surface area contributed by atoms with Crippen LogP contribution in [0.5, 0.6) is 0 Å². The van der Waals surface area contributed by atoms with E-state index in [4.69, 9.17) is 4.74 Å². The molecule has 0 saturated carbocycles. The number of rotatable bonds is 69. The van der Waals surface area contributed by atoms with Crippen LogP contribution in [0.1, 0.15) is 399 Å². The fourth-order valence-electron chi connectivity index (χ4n) is 11.4. The Balaban J connectivity index is 3.38. The van der Waals surface area contributed by atoms with Crippen molar-refractivity contribution in [2.45, 2.75) is 411 Å². The molecule has 6 heteroatoms. The summed E-state index contributed by atoms with van der Waals surface area (Å²) in [6, 6.07) is -0.626. The van der Waals surface area contributed by atoms with E-state index in [-0.39, 0.29) is 18.5 Å². The van der Waals surface area contributed by atoms with Crippen molar-refractivity contribution in [2.24, 2.45) is 0 Å². The maximum Gasteiger partial charge on any atom is 0.305 e. The Morgan fingerprint density at radius 2 is 0.610 bits per heavy atom. The number of esters is 1. The molecule has 1 amide bonds. The lowest BCUT2D eigenvalue weighted by Gasteiger charge is -2.20. The Kier molecular flexibility index (Phi) is 69.4. The number of nitrogens with one attached hydrogen (secondary N) is 1. The minimum atomic E-state index is -0.843. The van der Waals surface area contributed by atoms with Gasteiger partial charge in [0.05, 0.1) is 25.4 Å². The average Bonchev–Trinajstić information content (AvgIpc) is 3.48. The molecule has 82 heavy (non-hydrogen) atoms. The summed E-state index contributed by atoms with van der Waals surface area (Å²) in [5, 5.41) is 23.2. The maximum absolute atomic E-state index is 12.5. The molecule has 0 aromatic heterocycles. The molecule has 3 N–H and O–H groups in total. The molecule has 482 valence electrons. The van der Waals surface area contributed by atoms with Crippen LogP contribution in [-0.2, 0) is 14.3 Å². The van der Waals surface area contributed by atoms with Crippen molar-refractivity contribution in [3.8, 4) is 0 Å². The fourth-order valence-corrected chi connectivity index (χ4v) is 11.4. The highest BCUT2D eigenvalue weighted by atomic mass is 16.5. The second-order valence-corrected chi connectivity index (χ2v) is 25.3. The highest BCUT2D eigenvalue weighted by Gasteiger charge is 2.18. The number of ether oxygens (including phenoxy) is 1. The zero-order chi connectivity index (χ0) is 59.2. The molecule has 0 aliphatic rings. The number of hydrogen-bond donors (Lipinski definition) is 3. The molecule has 2 unspecified atom stereocenters. The summed E-state index contributed by atoms with van der Waals surface area (Å²) in [5.41, 5.74) is 0. The second-order valence-electron chi connectivity index (χ2n) is 25.3. The van der Waals surface area contributed by atoms with Crippen LogP contribution in [0.15, 0.2) is 48.6 Å². The quantitative estimate of drug-likeness (QED) is 0.0320. The highest BCUT2D eigenvalue weighted by Crippen LogP contribution is 2.18. The third-order valence-electron chi connectivity index (χ3n) is 17.1. The third-order valence-corrected chi connectivity index (χ3v) is 17.1. The molecular weight excluding hydrogens is 1010 g/mol. The Morgan fingerprint density at radius 3 is 0.939 bits per heavy atom. The third kappa shape index (κ3) is 67.0. The average molecular weight is 1150 g/mol. The van der Waals surface area contributed by atoms with Gasteiger partial charge in [0.2, 0.25) is 5.91 Å². The molecule has 0 aromatic carbocycles. The molecular formula is C76H143NO5. The smallest absolute Gasteiger partial charge is 0.305 e. The lowest BCUT2D eigenvalue weighted by atomic mass is 10.0. The summed E-state index contributed by atoms with van der Waals surface area (Å²) in [7, 11) is 0. The van der Waals surface area contributed by atoms with Gasteiger partial charge < -0.3 is 20.3 Å². The number of allylic oxidation sites excluding steroid dienone is 7. The molecule has 0 radical (unpaired) electrons. The Labute approximate surface area is 512 Å². The Hall–Kier alpha value is -2.18. The van der Waals surface area contributed by atoms with E-state index in [1.54, 1.807) is 6.08 Å². The molecule has 0 bridgehead atoms. The molecule has 0 saturated heterocycles. The molecule has 0 aromatic rings. The van der Waals surface area contributed by atoms with E-state index < -0.39 is 12.1 Å². The largest absolute Gasteiger partial charge is 0.466 e. The zero-order valence-electron chi connectivity index (χ0n) is 55.2. The molecule has 0 rings (SSSR count). The van der Waals surface area contributed by atoms with Crippen LogP contribution < -0.4 is 5.32 Å². The molecule has 2 atom stereocenters. The van der Waals surface area contributed by atoms with Crippen LogP contribution in [0.2, 0.25) is 0 Å². The Morgan fingerprint density at radius 1 is 0.341 bits per heavy atom. The van der Waals surface area contributed by atoms with Gasteiger partial charge >= 0.3 is 5.97 Å². The summed E-state index contributed by atoms with van der Waals surface area (Å²) in [5.74, 6) is -0.0549. The van der Waals surface area contributed by atoms with E-state index in [0.717, 1.165) is 51.4 Å². The number of amides is 1. The molecule has 0 fully saturated rings. The summed E-state index contributed by atoms with van der Waals surface area (Å²) in [4.78, 5) is 24.6. The number of carbonyl (C=O) groups is 2. The number of aliphatic hydroxyl groups is 2. The van der Waals surface area contributed by atoms with Crippen molar-refractivity contribution in [1.29, 1.82) is 0 Å². The van der Waals surface area contributed by atoms with Crippen molar-refractivity contribution in [3.05, 3.63) is 48.6 Å². The maximum atomic E-state index is 12.5. The van der Waals surface area contributed by atoms with Gasteiger partial charge in [0.25, 0.3) is 0 Å². The van der Waals surface area contributed by atoms with Gasteiger partial charge in [-0.1, -0.05) is 345 Å². The first-order chi connectivity index (χ1) is 40.5. The number of hydrogen-bond acceptors (Lipinski definition) is 5. The van der Waals surface area contributed by atoms with Gasteiger partial charge in [-0.05, 0) is 89.9 Å². The van der Waals surface area contributed by atoms with Gasteiger partial charge in [-0.25, -0.2) is 0 Å². The van der Waals surface area contributed by atoms with E-state index in [0.29, 0.717) is 19.4 Å². The summed E-state index contributed by atoms with van der Waals surface area (Å²) in [6.45, 7) is 4.92. The van der Waals surface area contributed by atoms with Gasteiger partial charge in [-0.3, -0.25) is 9.59 Å². The van der Waals surface area contributed by atoms with Crippen LogP contribution in [0.4, 0.5) is 0 Å². The summed E-state index contributed by atoms with van der Waals surface area (Å²) in [6.07, 6.45) is 93.5. The van der Waals surface area contributed by atoms with Crippen molar-refractivity contribution >= 4 is 11.9 Å². The van der Waals surface area contributed by atoms with E-state index >= 15 is 0 Å². The summed E-state index contributed by atoms with van der Waals surface area (Å²) >= 11 is 0. The lowest BCUT2D eigenvalue weighted by Crippen LogP contribution is -2.45.